The van der Waals surface area contributed by atoms with Gasteiger partial charge < -0.3 is 19.6 Å². The van der Waals surface area contributed by atoms with Crippen molar-refractivity contribution in [3.05, 3.63) is 29.8 Å². The Morgan fingerprint density at radius 2 is 1.89 bits per heavy atom. The lowest BCUT2D eigenvalue weighted by molar-refractivity contribution is -0.138. The summed E-state index contributed by atoms with van der Waals surface area (Å²) >= 11 is 0. The number of unbranched alkanes of at least 4 members (excludes halogenated alkanes) is 1. The predicted molar refractivity (Wildman–Crippen MR) is 102 cm³/mol. The first-order valence-electron chi connectivity index (χ1n) is 9.95. The summed E-state index contributed by atoms with van der Waals surface area (Å²) in [4.78, 5) is 29.7. The van der Waals surface area contributed by atoms with Gasteiger partial charge in [0.25, 0.3) is 0 Å². The van der Waals surface area contributed by atoms with Crippen molar-refractivity contribution in [2.45, 2.75) is 51.2 Å². The second-order valence-corrected chi connectivity index (χ2v) is 7.53. The molecule has 2 amide bonds. The molecule has 2 aliphatic heterocycles. The number of rotatable bonds is 6. The molecular weight excluding hydrogens is 344 g/mol. The van der Waals surface area contributed by atoms with Crippen molar-refractivity contribution in [1.29, 1.82) is 0 Å². The van der Waals surface area contributed by atoms with E-state index in [-0.39, 0.29) is 36.3 Å². The third-order valence-corrected chi connectivity index (χ3v) is 5.74. The lowest BCUT2D eigenvalue weighted by atomic mass is 9.91. The molecule has 2 heterocycles. The minimum absolute atomic E-state index is 0.0371. The van der Waals surface area contributed by atoms with Crippen molar-refractivity contribution in [3.63, 3.8) is 0 Å². The minimum atomic E-state index is -0.363. The Morgan fingerprint density at radius 3 is 2.48 bits per heavy atom. The number of amides is 2. The maximum Gasteiger partial charge on any atom is 0.228 e. The summed E-state index contributed by atoms with van der Waals surface area (Å²) in [7, 11) is 1.62. The van der Waals surface area contributed by atoms with Crippen LogP contribution in [0.25, 0.3) is 0 Å². The van der Waals surface area contributed by atoms with Crippen LogP contribution in [0, 0.1) is 5.92 Å². The van der Waals surface area contributed by atoms with E-state index >= 15 is 0 Å². The fourth-order valence-electron chi connectivity index (χ4n) is 4.14. The smallest absolute Gasteiger partial charge is 0.228 e. The Balaban J connectivity index is 1.85. The van der Waals surface area contributed by atoms with Gasteiger partial charge in [-0.05, 0) is 37.0 Å². The minimum Gasteiger partial charge on any atom is -0.497 e. The summed E-state index contributed by atoms with van der Waals surface area (Å²) in [5.41, 5.74) is 0.980. The molecule has 0 aliphatic carbocycles. The molecule has 6 nitrogen and oxygen atoms in total. The highest BCUT2D eigenvalue weighted by molar-refractivity contribution is 5.90. The van der Waals surface area contributed by atoms with E-state index in [1.165, 1.54) is 0 Å². The zero-order valence-electron chi connectivity index (χ0n) is 16.3. The van der Waals surface area contributed by atoms with Crippen molar-refractivity contribution in [2.24, 2.45) is 5.92 Å². The molecule has 1 aromatic carbocycles. The standard InChI is InChI=1S/C21H30N2O4/c1-3-4-11-23-19(25)14-18(21(26)22-12-9-16(24)10-13-22)20(23)15-5-7-17(27-2)8-6-15/h5-8,16,18,20,24H,3-4,9-14H2,1-2H3. The van der Waals surface area contributed by atoms with Crippen LogP contribution in [0.1, 0.15) is 50.6 Å². The van der Waals surface area contributed by atoms with Crippen molar-refractivity contribution < 1.29 is 19.4 Å². The average molecular weight is 374 g/mol. The molecule has 3 rings (SSSR count). The largest absolute Gasteiger partial charge is 0.497 e. The number of ether oxygens (including phenoxy) is 1. The van der Waals surface area contributed by atoms with Crippen molar-refractivity contribution in [2.75, 3.05) is 26.7 Å². The Hall–Kier alpha value is -2.08. The third-order valence-electron chi connectivity index (χ3n) is 5.74. The third kappa shape index (κ3) is 4.26. The number of aliphatic hydroxyl groups is 1. The molecule has 1 N–H and O–H groups in total. The summed E-state index contributed by atoms with van der Waals surface area (Å²) < 4.78 is 5.24. The molecule has 0 spiro atoms. The number of aliphatic hydroxyl groups excluding tert-OH is 1. The van der Waals surface area contributed by atoms with E-state index in [0.29, 0.717) is 32.5 Å². The quantitative estimate of drug-likeness (QED) is 0.830. The fourth-order valence-corrected chi connectivity index (χ4v) is 4.14. The lowest BCUT2D eigenvalue weighted by Crippen LogP contribution is -2.44. The highest BCUT2D eigenvalue weighted by Crippen LogP contribution is 2.40. The number of carbonyl (C=O) groups is 2. The summed E-state index contributed by atoms with van der Waals surface area (Å²) in [6, 6.07) is 7.46. The van der Waals surface area contributed by atoms with Crippen LogP contribution in [0.5, 0.6) is 5.75 Å². The number of piperidine rings is 1. The maximum absolute atomic E-state index is 13.2. The molecule has 6 heteroatoms. The highest BCUT2D eigenvalue weighted by Gasteiger charge is 2.45. The Kier molecular flexibility index (Phi) is 6.37. The number of hydrogen-bond acceptors (Lipinski definition) is 4. The zero-order valence-corrected chi connectivity index (χ0v) is 16.3. The maximum atomic E-state index is 13.2. The number of benzene rings is 1. The van der Waals surface area contributed by atoms with Gasteiger partial charge in [0.05, 0.1) is 25.2 Å². The van der Waals surface area contributed by atoms with E-state index in [4.69, 9.17) is 4.74 Å². The van der Waals surface area contributed by atoms with Crippen LogP contribution >= 0.6 is 0 Å². The molecule has 148 valence electrons. The van der Waals surface area contributed by atoms with Crippen LogP contribution < -0.4 is 4.74 Å². The van der Waals surface area contributed by atoms with Gasteiger partial charge in [-0.3, -0.25) is 9.59 Å². The fraction of sp³-hybridized carbons (Fsp3) is 0.619. The molecular formula is C21H30N2O4. The van der Waals surface area contributed by atoms with E-state index in [2.05, 4.69) is 6.92 Å². The van der Waals surface area contributed by atoms with Gasteiger partial charge in [0.2, 0.25) is 11.8 Å². The van der Waals surface area contributed by atoms with Gasteiger partial charge in [0, 0.05) is 26.1 Å². The molecule has 27 heavy (non-hydrogen) atoms. The van der Waals surface area contributed by atoms with Crippen LogP contribution in [-0.4, -0.2) is 59.6 Å². The number of hydrogen-bond donors (Lipinski definition) is 1. The van der Waals surface area contributed by atoms with Gasteiger partial charge >= 0.3 is 0 Å². The zero-order chi connectivity index (χ0) is 19.4. The van der Waals surface area contributed by atoms with Crippen LogP contribution in [0.3, 0.4) is 0 Å². The van der Waals surface area contributed by atoms with E-state index in [0.717, 1.165) is 24.2 Å². The van der Waals surface area contributed by atoms with Crippen molar-refractivity contribution in [1.82, 2.24) is 9.80 Å². The predicted octanol–water partition coefficient (Wildman–Crippen LogP) is 2.37. The van der Waals surface area contributed by atoms with Crippen molar-refractivity contribution in [3.8, 4) is 5.75 Å². The first kappa shape index (κ1) is 19.7. The van der Waals surface area contributed by atoms with Gasteiger partial charge in [-0.2, -0.15) is 0 Å². The normalized spacial score (nSPS) is 23.7. The second kappa shape index (κ2) is 8.74. The summed E-state index contributed by atoms with van der Waals surface area (Å²) in [6.45, 7) is 3.91. The van der Waals surface area contributed by atoms with E-state index in [1.54, 1.807) is 7.11 Å². The summed E-state index contributed by atoms with van der Waals surface area (Å²) in [6.07, 6.45) is 3.09. The average Bonchev–Trinajstić information content (AvgIpc) is 3.02. The molecule has 2 unspecified atom stereocenters. The molecule has 2 fully saturated rings. The molecule has 1 aromatic rings. The molecule has 2 atom stereocenters. The Bertz CT molecular complexity index is 653. The van der Waals surface area contributed by atoms with Crippen LogP contribution in [0.15, 0.2) is 24.3 Å². The highest BCUT2D eigenvalue weighted by atomic mass is 16.5. The van der Waals surface area contributed by atoms with Gasteiger partial charge in [-0.1, -0.05) is 25.5 Å². The van der Waals surface area contributed by atoms with Gasteiger partial charge in [-0.15, -0.1) is 0 Å². The molecule has 0 radical (unpaired) electrons. The Morgan fingerprint density at radius 1 is 1.22 bits per heavy atom. The van der Waals surface area contributed by atoms with E-state index in [9.17, 15) is 14.7 Å². The van der Waals surface area contributed by atoms with Crippen molar-refractivity contribution >= 4 is 11.8 Å². The number of nitrogens with zero attached hydrogens (tertiary/aromatic N) is 2. The summed E-state index contributed by atoms with van der Waals surface area (Å²) in [5, 5.41) is 9.72. The molecule has 0 bridgehead atoms. The first-order chi connectivity index (χ1) is 13.0. The Labute approximate surface area is 161 Å². The molecule has 2 saturated heterocycles. The van der Waals surface area contributed by atoms with Crippen LogP contribution in [0.4, 0.5) is 0 Å². The van der Waals surface area contributed by atoms with Gasteiger partial charge in [0.1, 0.15) is 5.75 Å². The van der Waals surface area contributed by atoms with E-state index < -0.39 is 0 Å². The van der Waals surface area contributed by atoms with Gasteiger partial charge in [-0.25, -0.2) is 0 Å². The number of methoxy groups -OCH3 is 1. The molecule has 0 saturated carbocycles. The monoisotopic (exact) mass is 374 g/mol. The SMILES string of the molecule is CCCCN1C(=O)CC(C(=O)N2CCC(O)CC2)C1c1ccc(OC)cc1. The van der Waals surface area contributed by atoms with E-state index in [1.807, 2.05) is 34.1 Å². The first-order valence-corrected chi connectivity index (χ1v) is 9.95. The molecule has 0 aromatic heterocycles. The molecule has 2 aliphatic rings. The topological polar surface area (TPSA) is 70.1 Å². The lowest BCUT2D eigenvalue weighted by Gasteiger charge is -2.34. The van der Waals surface area contributed by atoms with Gasteiger partial charge in [0.15, 0.2) is 0 Å². The second-order valence-electron chi connectivity index (χ2n) is 7.53. The van der Waals surface area contributed by atoms with Crippen LogP contribution in [-0.2, 0) is 9.59 Å². The number of likely N-dealkylation sites (tertiary alicyclic amines) is 2. The summed E-state index contributed by atoms with van der Waals surface area (Å²) in [5.74, 6) is 0.490. The number of carbonyl (C=O) groups excluding carboxylic acids is 2. The van der Waals surface area contributed by atoms with Crippen LogP contribution in [0.2, 0.25) is 0 Å².